The van der Waals surface area contributed by atoms with E-state index in [9.17, 15) is 0 Å². The molecular formula is C15H15BrO. The first kappa shape index (κ1) is 12.2. The fourth-order valence-electron chi connectivity index (χ4n) is 1.66. The van der Waals surface area contributed by atoms with E-state index in [1.54, 1.807) is 0 Å². The number of para-hydroxylation sites is 1. The van der Waals surface area contributed by atoms with Crippen LogP contribution in [-0.4, -0.2) is 5.33 Å². The van der Waals surface area contributed by atoms with E-state index < -0.39 is 0 Å². The van der Waals surface area contributed by atoms with Crippen LogP contribution in [0.4, 0.5) is 0 Å². The molecule has 0 unspecified atom stereocenters. The van der Waals surface area contributed by atoms with E-state index in [1.165, 1.54) is 5.56 Å². The Morgan fingerprint density at radius 2 is 1.65 bits per heavy atom. The zero-order valence-electron chi connectivity index (χ0n) is 9.60. The molecule has 0 fully saturated rings. The summed E-state index contributed by atoms with van der Waals surface area (Å²) >= 11 is 3.45. The third kappa shape index (κ3) is 3.90. The van der Waals surface area contributed by atoms with Crippen LogP contribution in [0, 0.1) is 0 Å². The molecule has 0 amide bonds. The number of hydrogen-bond donors (Lipinski definition) is 0. The Balaban J connectivity index is 2.06. The molecule has 0 spiro atoms. The minimum absolute atomic E-state index is 0.880. The number of ether oxygens (including phenoxy) is 1. The van der Waals surface area contributed by atoms with Crippen molar-refractivity contribution in [3.05, 3.63) is 60.2 Å². The first-order valence-electron chi connectivity index (χ1n) is 5.76. The molecule has 0 aliphatic heterocycles. The molecule has 17 heavy (non-hydrogen) atoms. The smallest absolute Gasteiger partial charge is 0.127 e. The quantitative estimate of drug-likeness (QED) is 0.718. The summed E-state index contributed by atoms with van der Waals surface area (Å²) in [5.41, 5.74) is 1.32. The molecular weight excluding hydrogens is 276 g/mol. The van der Waals surface area contributed by atoms with Crippen molar-refractivity contribution in [1.82, 2.24) is 0 Å². The molecule has 0 atom stereocenters. The zero-order chi connectivity index (χ0) is 11.9. The van der Waals surface area contributed by atoms with Crippen LogP contribution in [0.3, 0.4) is 0 Å². The number of rotatable bonds is 5. The lowest BCUT2D eigenvalue weighted by molar-refractivity contribution is 0.482. The normalized spacial score (nSPS) is 10.2. The van der Waals surface area contributed by atoms with Gasteiger partial charge in [0.2, 0.25) is 0 Å². The molecule has 0 aliphatic carbocycles. The molecule has 0 saturated heterocycles. The molecule has 0 heterocycles. The first-order valence-corrected chi connectivity index (χ1v) is 6.88. The van der Waals surface area contributed by atoms with E-state index in [0.29, 0.717) is 0 Å². The van der Waals surface area contributed by atoms with E-state index in [-0.39, 0.29) is 0 Å². The third-order valence-corrected chi connectivity index (χ3v) is 3.04. The molecule has 0 bridgehead atoms. The van der Waals surface area contributed by atoms with Crippen LogP contribution in [0.15, 0.2) is 54.6 Å². The zero-order valence-corrected chi connectivity index (χ0v) is 11.2. The van der Waals surface area contributed by atoms with E-state index >= 15 is 0 Å². The SMILES string of the molecule is BrCCCc1cccc(Oc2ccccc2)c1. The van der Waals surface area contributed by atoms with Crippen molar-refractivity contribution in [2.45, 2.75) is 12.8 Å². The number of aryl methyl sites for hydroxylation is 1. The highest BCUT2D eigenvalue weighted by Crippen LogP contribution is 2.22. The van der Waals surface area contributed by atoms with Gasteiger partial charge in [-0.3, -0.25) is 0 Å². The standard InChI is InChI=1S/C15H15BrO/c16-11-5-7-13-6-4-10-15(12-13)17-14-8-2-1-3-9-14/h1-4,6,8-10,12H,5,7,11H2. The lowest BCUT2D eigenvalue weighted by atomic mass is 10.1. The highest BCUT2D eigenvalue weighted by atomic mass is 79.9. The molecule has 2 heteroatoms. The van der Waals surface area contributed by atoms with E-state index in [0.717, 1.165) is 29.7 Å². The molecule has 2 aromatic carbocycles. The highest BCUT2D eigenvalue weighted by molar-refractivity contribution is 9.09. The highest BCUT2D eigenvalue weighted by Gasteiger charge is 1.98. The largest absolute Gasteiger partial charge is 0.457 e. The summed E-state index contributed by atoms with van der Waals surface area (Å²) in [5.74, 6) is 1.79. The third-order valence-electron chi connectivity index (χ3n) is 2.48. The van der Waals surface area contributed by atoms with Gasteiger partial charge in [-0.05, 0) is 42.7 Å². The Labute approximate surface area is 111 Å². The van der Waals surface area contributed by atoms with Gasteiger partial charge in [0.05, 0.1) is 0 Å². The first-order chi connectivity index (χ1) is 8.38. The number of hydrogen-bond acceptors (Lipinski definition) is 1. The van der Waals surface area contributed by atoms with Gasteiger partial charge < -0.3 is 4.74 Å². The van der Waals surface area contributed by atoms with Crippen LogP contribution >= 0.6 is 15.9 Å². The lowest BCUT2D eigenvalue weighted by Crippen LogP contribution is -1.88. The van der Waals surface area contributed by atoms with Crippen molar-refractivity contribution in [3.63, 3.8) is 0 Å². The van der Waals surface area contributed by atoms with Crippen LogP contribution in [-0.2, 0) is 6.42 Å². The van der Waals surface area contributed by atoms with Crippen LogP contribution in [0.2, 0.25) is 0 Å². The second-order valence-electron chi connectivity index (χ2n) is 3.86. The summed E-state index contributed by atoms with van der Waals surface area (Å²) in [5, 5.41) is 1.04. The average molecular weight is 291 g/mol. The van der Waals surface area contributed by atoms with Gasteiger partial charge in [0.1, 0.15) is 11.5 Å². The molecule has 0 N–H and O–H groups in total. The van der Waals surface area contributed by atoms with Gasteiger partial charge in [-0.2, -0.15) is 0 Å². The summed E-state index contributed by atoms with van der Waals surface area (Å²) < 4.78 is 5.79. The van der Waals surface area contributed by atoms with Crippen molar-refractivity contribution in [2.75, 3.05) is 5.33 Å². The van der Waals surface area contributed by atoms with Gasteiger partial charge in [0, 0.05) is 5.33 Å². The second-order valence-corrected chi connectivity index (χ2v) is 4.65. The predicted molar refractivity (Wildman–Crippen MR) is 75.1 cm³/mol. The van der Waals surface area contributed by atoms with Crippen molar-refractivity contribution in [3.8, 4) is 11.5 Å². The van der Waals surface area contributed by atoms with Crippen molar-refractivity contribution in [1.29, 1.82) is 0 Å². The fraction of sp³-hybridized carbons (Fsp3) is 0.200. The van der Waals surface area contributed by atoms with Gasteiger partial charge in [0.25, 0.3) is 0 Å². The number of alkyl halides is 1. The van der Waals surface area contributed by atoms with Crippen LogP contribution in [0.5, 0.6) is 11.5 Å². The van der Waals surface area contributed by atoms with Gasteiger partial charge in [-0.15, -0.1) is 0 Å². The number of benzene rings is 2. The monoisotopic (exact) mass is 290 g/mol. The lowest BCUT2D eigenvalue weighted by Gasteiger charge is -2.07. The maximum Gasteiger partial charge on any atom is 0.127 e. The van der Waals surface area contributed by atoms with Gasteiger partial charge in [0.15, 0.2) is 0 Å². The van der Waals surface area contributed by atoms with Crippen molar-refractivity contribution < 1.29 is 4.74 Å². The molecule has 1 nitrogen and oxygen atoms in total. The minimum atomic E-state index is 0.880. The summed E-state index contributed by atoms with van der Waals surface area (Å²) in [7, 11) is 0. The van der Waals surface area contributed by atoms with Crippen molar-refractivity contribution >= 4 is 15.9 Å². The Morgan fingerprint density at radius 3 is 2.41 bits per heavy atom. The van der Waals surface area contributed by atoms with Crippen LogP contribution in [0.25, 0.3) is 0 Å². The van der Waals surface area contributed by atoms with Crippen molar-refractivity contribution in [2.24, 2.45) is 0 Å². The summed E-state index contributed by atoms with van der Waals surface area (Å²) in [6.45, 7) is 0. The maximum atomic E-state index is 5.79. The van der Waals surface area contributed by atoms with Crippen LogP contribution in [0.1, 0.15) is 12.0 Å². The Morgan fingerprint density at radius 1 is 0.882 bits per heavy atom. The molecule has 2 aromatic rings. The Hall–Kier alpha value is -1.28. The molecule has 0 radical (unpaired) electrons. The summed E-state index contributed by atoms with van der Waals surface area (Å²) in [6.07, 6.45) is 2.23. The molecule has 88 valence electrons. The fourth-order valence-corrected chi connectivity index (χ4v) is 1.94. The topological polar surface area (TPSA) is 9.23 Å². The summed E-state index contributed by atoms with van der Waals surface area (Å²) in [4.78, 5) is 0. The molecule has 0 aromatic heterocycles. The van der Waals surface area contributed by atoms with E-state index in [4.69, 9.17) is 4.74 Å². The van der Waals surface area contributed by atoms with Gasteiger partial charge in [-0.1, -0.05) is 46.3 Å². The maximum absolute atomic E-state index is 5.79. The predicted octanol–water partition coefficient (Wildman–Crippen LogP) is 4.81. The number of halogens is 1. The van der Waals surface area contributed by atoms with E-state index in [1.807, 2.05) is 42.5 Å². The Kier molecular flexibility index (Phi) is 4.63. The Bertz CT molecular complexity index is 453. The van der Waals surface area contributed by atoms with Gasteiger partial charge in [-0.25, -0.2) is 0 Å². The van der Waals surface area contributed by atoms with Crippen LogP contribution < -0.4 is 4.74 Å². The minimum Gasteiger partial charge on any atom is -0.457 e. The summed E-state index contributed by atoms with van der Waals surface area (Å²) in [6, 6.07) is 18.1. The van der Waals surface area contributed by atoms with E-state index in [2.05, 4.69) is 28.1 Å². The van der Waals surface area contributed by atoms with Gasteiger partial charge >= 0.3 is 0 Å². The molecule has 0 aliphatic rings. The average Bonchev–Trinajstić information content (AvgIpc) is 2.38. The second kappa shape index (κ2) is 6.45. The molecule has 2 rings (SSSR count). The molecule has 0 saturated carbocycles.